The van der Waals surface area contributed by atoms with Gasteiger partial charge in [-0.3, -0.25) is 0 Å². The molecule has 5 rings (SSSR count). The van der Waals surface area contributed by atoms with Gasteiger partial charge in [0.15, 0.2) is 17.6 Å². The molecule has 2 aliphatic carbocycles. The van der Waals surface area contributed by atoms with Crippen molar-refractivity contribution < 1.29 is 19.0 Å². The first kappa shape index (κ1) is 19.2. The van der Waals surface area contributed by atoms with Gasteiger partial charge in [-0.2, -0.15) is 0 Å². The fraction of sp³-hybridized carbons (Fsp3) is 0.423. The highest BCUT2D eigenvalue weighted by atomic mass is 16.6. The zero-order valence-electron chi connectivity index (χ0n) is 17.6. The summed E-state index contributed by atoms with van der Waals surface area (Å²) in [7, 11) is 1.69. The molecule has 4 heteroatoms. The lowest BCUT2D eigenvalue weighted by Crippen LogP contribution is -2.48. The molecular formula is C26H28O4. The first-order valence-electron chi connectivity index (χ1n) is 11.0. The fourth-order valence-electron chi connectivity index (χ4n) is 5.63. The molecule has 2 aromatic rings. The van der Waals surface area contributed by atoms with E-state index in [9.17, 15) is 4.79 Å². The molecule has 0 saturated heterocycles. The zero-order chi connectivity index (χ0) is 20.7. The van der Waals surface area contributed by atoms with Gasteiger partial charge in [0.05, 0.1) is 12.7 Å². The zero-order valence-corrected chi connectivity index (χ0v) is 17.6. The molecule has 3 unspecified atom stereocenters. The molecule has 4 nitrogen and oxygen atoms in total. The summed E-state index contributed by atoms with van der Waals surface area (Å²) < 4.78 is 18.2. The van der Waals surface area contributed by atoms with Crippen molar-refractivity contribution in [2.45, 2.75) is 57.0 Å². The highest BCUT2D eigenvalue weighted by Gasteiger charge is 2.58. The molecule has 0 aromatic heterocycles. The van der Waals surface area contributed by atoms with Crippen molar-refractivity contribution >= 4 is 5.97 Å². The van der Waals surface area contributed by atoms with E-state index in [2.05, 4.69) is 19.1 Å². The lowest BCUT2D eigenvalue weighted by atomic mass is 9.60. The van der Waals surface area contributed by atoms with Gasteiger partial charge in [-0.25, -0.2) is 4.79 Å². The van der Waals surface area contributed by atoms with Crippen LogP contribution in [0.15, 0.2) is 54.3 Å². The van der Waals surface area contributed by atoms with Gasteiger partial charge in [0.1, 0.15) is 5.76 Å². The van der Waals surface area contributed by atoms with Gasteiger partial charge >= 0.3 is 5.97 Å². The van der Waals surface area contributed by atoms with Crippen LogP contribution in [-0.4, -0.2) is 19.2 Å². The summed E-state index contributed by atoms with van der Waals surface area (Å²) in [5, 5.41) is 0. The second-order valence-electron chi connectivity index (χ2n) is 8.73. The van der Waals surface area contributed by atoms with E-state index < -0.39 is 0 Å². The van der Waals surface area contributed by atoms with E-state index in [0.29, 0.717) is 17.2 Å². The maximum absolute atomic E-state index is 12.8. The van der Waals surface area contributed by atoms with Crippen molar-refractivity contribution in [2.24, 2.45) is 5.92 Å². The van der Waals surface area contributed by atoms with E-state index in [1.807, 2.05) is 24.3 Å². The molecule has 30 heavy (non-hydrogen) atoms. The molecule has 156 valence electrons. The maximum Gasteiger partial charge on any atom is 0.343 e. The highest BCUT2D eigenvalue weighted by Crippen LogP contribution is 2.60. The molecular weight excluding hydrogens is 376 g/mol. The van der Waals surface area contributed by atoms with Gasteiger partial charge in [-0.05, 0) is 61.4 Å². The predicted octanol–water partition coefficient (Wildman–Crippen LogP) is 5.59. The second kappa shape index (κ2) is 7.50. The van der Waals surface area contributed by atoms with Crippen LogP contribution in [0.3, 0.4) is 0 Å². The number of aryl methyl sites for hydroxylation is 1. The third kappa shape index (κ3) is 2.84. The third-order valence-corrected chi connectivity index (χ3v) is 7.16. The number of ether oxygens (including phenoxy) is 3. The van der Waals surface area contributed by atoms with Crippen LogP contribution in [0.5, 0.6) is 11.5 Å². The fourth-order valence-corrected chi connectivity index (χ4v) is 5.63. The maximum atomic E-state index is 12.8. The summed E-state index contributed by atoms with van der Waals surface area (Å²) in [6, 6.07) is 13.4. The van der Waals surface area contributed by atoms with Crippen molar-refractivity contribution in [1.82, 2.24) is 0 Å². The monoisotopic (exact) mass is 404 g/mol. The molecule has 3 atom stereocenters. The Morgan fingerprint density at radius 3 is 2.73 bits per heavy atom. The molecule has 3 aliphatic rings. The van der Waals surface area contributed by atoms with Gasteiger partial charge in [-0.15, -0.1) is 0 Å². The normalized spacial score (nSPS) is 26.9. The number of esters is 1. The molecule has 0 amide bonds. The van der Waals surface area contributed by atoms with Gasteiger partial charge in [0.2, 0.25) is 0 Å². The smallest absolute Gasteiger partial charge is 0.343 e. The number of carbonyl (C=O) groups is 1. The Bertz CT molecular complexity index is 994. The quantitative estimate of drug-likeness (QED) is 0.626. The van der Waals surface area contributed by atoms with Crippen LogP contribution >= 0.6 is 0 Å². The summed E-state index contributed by atoms with van der Waals surface area (Å²) in [5.41, 5.74) is 3.02. The molecule has 2 aromatic carbocycles. The van der Waals surface area contributed by atoms with E-state index in [4.69, 9.17) is 14.2 Å². The summed E-state index contributed by atoms with van der Waals surface area (Å²) >= 11 is 0. The Morgan fingerprint density at radius 2 is 1.93 bits per heavy atom. The van der Waals surface area contributed by atoms with Crippen LogP contribution in [0.25, 0.3) is 0 Å². The standard InChI is InChI=1S/C26H28O4/c1-17-12-14-21(29-25(27)19-10-5-3-6-11-19)24-26(17)16-8-4-7-9-18-13-15-20(28-2)23(30-24)22(18)26/h3,5-6,10-11,13-15,17,24H,4,7-9,12,16H2,1-2H3. The minimum absolute atomic E-state index is 0.180. The second-order valence-corrected chi connectivity index (χ2v) is 8.73. The van der Waals surface area contributed by atoms with E-state index >= 15 is 0 Å². The Kier molecular flexibility index (Phi) is 4.80. The van der Waals surface area contributed by atoms with Gasteiger partial charge in [-0.1, -0.05) is 44.0 Å². The summed E-state index contributed by atoms with van der Waals surface area (Å²) in [6.45, 7) is 2.31. The SMILES string of the molecule is COc1ccc2c3c1OC1C(OC(=O)c4ccccc4)=CCC(C)C31CCCCC2. The summed E-state index contributed by atoms with van der Waals surface area (Å²) in [4.78, 5) is 12.8. The molecule has 0 radical (unpaired) electrons. The molecule has 0 bridgehead atoms. The molecule has 1 heterocycles. The van der Waals surface area contributed by atoms with E-state index in [1.54, 1.807) is 19.2 Å². The number of hydrogen-bond donors (Lipinski definition) is 0. The van der Waals surface area contributed by atoms with Crippen LogP contribution in [-0.2, 0) is 16.6 Å². The Balaban J connectivity index is 1.59. The van der Waals surface area contributed by atoms with Crippen molar-refractivity contribution in [1.29, 1.82) is 0 Å². The highest BCUT2D eigenvalue weighted by molar-refractivity contribution is 5.90. The first-order valence-corrected chi connectivity index (χ1v) is 11.0. The summed E-state index contributed by atoms with van der Waals surface area (Å²) in [5.74, 6) is 2.32. The lowest BCUT2D eigenvalue weighted by molar-refractivity contribution is 0.0324. The van der Waals surface area contributed by atoms with Crippen molar-refractivity contribution in [3.8, 4) is 11.5 Å². The van der Waals surface area contributed by atoms with Crippen LogP contribution in [0, 0.1) is 5.92 Å². The number of benzene rings is 2. The minimum atomic E-state index is -0.329. The number of allylic oxidation sites excluding steroid dienone is 1. The minimum Gasteiger partial charge on any atom is -0.493 e. The van der Waals surface area contributed by atoms with Crippen LogP contribution in [0.4, 0.5) is 0 Å². The number of carbonyl (C=O) groups excluding carboxylic acids is 1. The van der Waals surface area contributed by atoms with E-state index in [1.165, 1.54) is 24.0 Å². The Labute approximate surface area is 177 Å². The van der Waals surface area contributed by atoms with Crippen LogP contribution in [0.2, 0.25) is 0 Å². The number of rotatable bonds is 3. The first-order chi connectivity index (χ1) is 14.6. The molecule has 0 fully saturated rings. The van der Waals surface area contributed by atoms with E-state index in [-0.39, 0.29) is 17.5 Å². The number of methoxy groups -OCH3 is 1. The van der Waals surface area contributed by atoms with Gasteiger partial charge in [0.25, 0.3) is 0 Å². The average Bonchev–Trinajstić information content (AvgIpc) is 3.11. The Morgan fingerprint density at radius 1 is 1.10 bits per heavy atom. The topological polar surface area (TPSA) is 44.8 Å². The largest absolute Gasteiger partial charge is 0.493 e. The van der Waals surface area contributed by atoms with Crippen LogP contribution < -0.4 is 9.47 Å². The third-order valence-electron chi connectivity index (χ3n) is 7.16. The van der Waals surface area contributed by atoms with E-state index in [0.717, 1.165) is 37.2 Å². The Hall–Kier alpha value is -2.75. The lowest BCUT2D eigenvalue weighted by Gasteiger charge is -2.44. The molecule has 0 saturated carbocycles. The summed E-state index contributed by atoms with van der Waals surface area (Å²) in [6.07, 6.45) is 8.28. The van der Waals surface area contributed by atoms with Crippen molar-refractivity contribution in [2.75, 3.05) is 7.11 Å². The van der Waals surface area contributed by atoms with Crippen molar-refractivity contribution in [3.05, 3.63) is 71.0 Å². The number of hydrogen-bond acceptors (Lipinski definition) is 4. The predicted molar refractivity (Wildman–Crippen MR) is 115 cm³/mol. The molecule has 0 N–H and O–H groups in total. The van der Waals surface area contributed by atoms with Crippen LogP contribution in [0.1, 0.15) is 60.5 Å². The van der Waals surface area contributed by atoms with Gasteiger partial charge < -0.3 is 14.2 Å². The molecule has 1 spiro atoms. The van der Waals surface area contributed by atoms with Crippen molar-refractivity contribution in [3.63, 3.8) is 0 Å². The molecule has 1 aliphatic heterocycles. The average molecular weight is 405 g/mol. The van der Waals surface area contributed by atoms with Gasteiger partial charge in [0, 0.05) is 11.0 Å².